The minimum atomic E-state index is -3.99. The number of halogens is 1. The number of nitrogens with one attached hydrogen (secondary N) is 1. The summed E-state index contributed by atoms with van der Waals surface area (Å²) < 4.78 is 40.1. The van der Waals surface area contributed by atoms with Crippen LogP contribution in [0.1, 0.15) is 10.4 Å². The zero-order chi connectivity index (χ0) is 16.3. The average molecular weight is 341 g/mol. The van der Waals surface area contributed by atoms with E-state index >= 15 is 0 Å². The lowest BCUT2D eigenvalue weighted by atomic mass is 10.2. The van der Waals surface area contributed by atoms with E-state index in [-0.39, 0.29) is 4.90 Å². The Morgan fingerprint density at radius 3 is 2.36 bits per heavy atom. The standard InChI is InChI=1S/C14H12FNO4S2/c1-21-10-4-2-9(3-5-10)16-22(19,20)11-6-7-13(15)12(8-11)14(17)18/h2-8,16H,1H3,(H,17,18). The fraction of sp³-hybridized carbons (Fsp3) is 0.0714. The van der Waals surface area contributed by atoms with Crippen molar-refractivity contribution in [2.45, 2.75) is 9.79 Å². The van der Waals surface area contributed by atoms with Gasteiger partial charge in [0.25, 0.3) is 10.0 Å². The minimum Gasteiger partial charge on any atom is -0.478 e. The molecule has 0 saturated heterocycles. The Hall–Kier alpha value is -2.06. The van der Waals surface area contributed by atoms with Gasteiger partial charge in [0.1, 0.15) is 5.82 Å². The lowest BCUT2D eigenvalue weighted by molar-refractivity contribution is 0.0691. The summed E-state index contributed by atoms with van der Waals surface area (Å²) in [7, 11) is -3.99. The maximum Gasteiger partial charge on any atom is 0.338 e. The molecular weight excluding hydrogens is 329 g/mol. The molecule has 8 heteroatoms. The summed E-state index contributed by atoms with van der Waals surface area (Å²) in [5.74, 6) is -2.52. The predicted octanol–water partition coefficient (Wildman–Crippen LogP) is 3.05. The molecule has 0 aliphatic rings. The largest absolute Gasteiger partial charge is 0.478 e. The van der Waals surface area contributed by atoms with E-state index in [1.54, 1.807) is 24.3 Å². The molecule has 0 bridgehead atoms. The number of hydrogen-bond donors (Lipinski definition) is 2. The number of carboxylic acids is 1. The van der Waals surface area contributed by atoms with Gasteiger partial charge in [-0.15, -0.1) is 11.8 Å². The first kappa shape index (κ1) is 16.3. The molecule has 0 fully saturated rings. The van der Waals surface area contributed by atoms with Crippen molar-refractivity contribution < 1.29 is 22.7 Å². The van der Waals surface area contributed by atoms with Crippen LogP contribution in [0.4, 0.5) is 10.1 Å². The van der Waals surface area contributed by atoms with Gasteiger partial charge in [-0.2, -0.15) is 0 Å². The summed E-state index contributed by atoms with van der Waals surface area (Å²) in [6, 6.07) is 9.28. The number of benzene rings is 2. The Kier molecular flexibility index (Phi) is 4.72. The van der Waals surface area contributed by atoms with Crippen LogP contribution in [0, 0.1) is 5.82 Å². The van der Waals surface area contributed by atoms with Gasteiger partial charge in [-0.05, 0) is 48.7 Å². The molecule has 2 rings (SSSR count). The van der Waals surface area contributed by atoms with Crippen molar-refractivity contribution in [3.05, 3.63) is 53.8 Å². The highest BCUT2D eigenvalue weighted by atomic mass is 32.2. The van der Waals surface area contributed by atoms with Gasteiger partial charge in [-0.1, -0.05) is 0 Å². The van der Waals surface area contributed by atoms with Crippen molar-refractivity contribution in [2.24, 2.45) is 0 Å². The van der Waals surface area contributed by atoms with Crippen molar-refractivity contribution in [3.8, 4) is 0 Å². The number of carbonyl (C=O) groups is 1. The van der Waals surface area contributed by atoms with Crippen LogP contribution < -0.4 is 4.72 Å². The number of thioether (sulfide) groups is 1. The van der Waals surface area contributed by atoms with Gasteiger partial charge in [0.2, 0.25) is 0 Å². The molecule has 0 unspecified atom stereocenters. The molecule has 22 heavy (non-hydrogen) atoms. The smallest absolute Gasteiger partial charge is 0.338 e. The SMILES string of the molecule is CSc1ccc(NS(=O)(=O)c2ccc(F)c(C(=O)O)c2)cc1. The Morgan fingerprint density at radius 2 is 1.82 bits per heavy atom. The Balaban J connectivity index is 2.33. The Morgan fingerprint density at radius 1 is 1.18 bits per heavy atom. The van der Waals surface area contributed by atoms with Gasteiger partial charge in [0, 0.05) is 10.6 Å². The second kappa shape index (κ2) is 6.37. The van der Waals surface area contributed by atoms with Gasteiger partial charge in [0.05, 0.1) is 10.5 Å². The third kappa shape index (κ3) is 3.58. The van der Waals surface area contributed by atoms with Crippen LogP contribution in [-0.2, 0) is 10.0 Å². The quantitative estimate of drug-likeness (QED) is 0.817. The van der Waals surface area contributed by atoms with Crippen LogP contribution in [-0.4, -0.2) is 25.7 Å². The number of sulfonamides is 1. The maximum atomic E-state index is 13.3. The molecule has 2 N–H and O–H groups in total. The van der Waals surface area contributed by atoms with Crippen LogP contribution in [0.15, 0.2) is 52.3 Å². The van der Waals surface area contributed by atoms with Gasteiger partial charge in [0.15, 0.2) is 0 Å². The highest BCUT2D eigenvalue weighted by Crippen LogP contribution is 2.21. The molecule has 0 aliphatic heterocycles. The van der Waals surface area contributed by atoms with Crippen LogP contribution >= 0.6 is 11.8 Å². The van der Waals surface area contributed by atoms with Crippen LogP contribution in [0.2, 0.25) is 0 Å². The van der Waals surface area contributed by atoms with Gasteiger partial charge in [-0.3, -0.25) is 4.72 Å². The number of aromatic carboxylic acids is 1. The fourth-order valence-electron chi connectivity index (χ4n) is 1.71. The van der Waals surface area contributed by atoms with Crippen molar-refractivity contribution in [3.63, 3.8) is 0 Å². The average Bonchev–Trinajstić information content (AvgIpc) is 2.47. The summed E-state index contributed by atoms with van der Waals surface area (Å²) in [5, 5.41) is 8.85. The Labute approximate surface area is 131 Å². The number of carboxylic acid groups (broad SMARTS) is 1. The van der Waals surface area contributed by atoms with E-state index in [1.807, 2.05) is 6.26 Å². The van der Waals surface area contributed by atoms with Crippen molar-refractivity contribution in [1.82, 2.24) is 0 Å². The zero-order valence-corrected chi connectivity index (χ0v) is 13.0. The molecule has 0 radical (unpaired) electrons. The molecule has 0 atom stereocenters. The van der Waals surface area contributed by atoms with E-state index in [2.05, 4.69) is 4.72 Å². The summed E-state index contributed by atoms with van der Waals surface area (Å²) >= 11 is 1.51. The molecule has 116 valence electrons. The maximum absolute atomic E-state index is 13.3. The van der Waals surface area contributed by atoms with E-state index in [4.69, 9.17) is 5.11 Å². The highest BCUT2D eigenvalue weighted by molar-refractivity contribution is 7.98. The van der Waals surface area contributed by atoms with E-state index in [0.717, 1.165) is 23.1 Å². The molecule has 2 aromatic rings. The fourth-order valence-corrected chi connectivity index (χ4v) is 3.20. The van der Waals surface area contributed by atoms with E-state index in [9.17, 15) is 17.6 Å². The normalized spacial score (nSPS) is 11.2. The summed E-state index contributed by atoms with van der Waals surface area (Å²) in [4.78, 5) is 11.5. The molecule has 0 spiro atoms. The van der Waals surface area contributed by atoms with Crippen molar-refractivity contribution in [2.75, 3.05) is 11.0 Å². The molecule has 0 aliphatic carbocycles. The van der Waals surface area contributed by atoms with E-state index < -0.39 is 27.4 Å². The van der Waals surface area contributed by atoms with E-state index in [1.165, 1.54) is 11.8 Å². The molecule has 0 aromatic heterocycles. The van der Waals surface area contributed by atoms with Crippen LogP contribution in [0.25, 0.3) is 0 Å². The first-order valence-electron chi connectivity index (χ1n) is 6.03. The van der Waals surface area contributed by atoms with Gasteiger partial charge in [-0.25, -0.2) is 17.6 Å². The summed E-state index contributed by atoms with van der Waals surface area (Å²) in [6.07, 6.45) is 1.89. The zero-order valence-electron chi connectivity index (χ0n) is 11.4. The van der Waals surface area contributed by atoms with Crippen molar-refractivity contribution >= 4 is 33.4 Å². The number of rotatable bonds is 5. The number of hydrogen-bond acceptors (Lipinski definition) is 4. The monoisotopic (exact) mass is 341 g/mol. The minimum absolute atomic E-state index is 0.319. The highest BCUT2D eigenvalue weighted by Gasteiger charge is 2.19. The molecular formula is C14H12FNO4S2. The van der Waals surface area contributed by atoms with Crippen molar-refractivity contribution in [1.29, 1.82) is 0 Å². The van der Waals surface area contributed by atoms with Gasteiger partial charge < -0.3 is 5.11 Å². The van der Waals surface area contributed by atoms with Gasteiger partial charge >= 0.3 is 5.97 Å². The molecule has 0 amide bonds. The molecule has 0 saturated carbocycles. The third-order valence-electron chi connectivity index (χ3n) is 2.82. The first-order valence-corrected chi connectivity index (χ1v) is 8.74. The third-order valence-corrected chi connectivity index (χ3v) is 4.94. The number of anilines is 1. The summed E-state index contributed by atoms with van der Waals surface area (Å²) in [5.41, 5.74) is -0.361. The lowest BCUT2D eigenvalue weighted by Gasteiger charge is -2.09. The Bertz CT molecular complexity index is 804. The summed E-state index contributed by atoms with van der Waals surface area (Å²) in [6.45, 7) is 0. The lowest BCUT2D eigenvalue weighted by Crippen LogP contribution is -2.14. The molecule has 0 heterocycles. The van der Waals surface area contributed by atoms with Crippen LogP contribution in [0.3, 0.4) is 0 Å². The second-order valence-electron chi connectivity index (χ2n) is 4.28. The van der Waals surface area contributed by atoms with E-state index in [0.29, 0.717) is 5.69 Å². The first-order chi connectivity index (χ1) is 10.3. The second-order valence-corrected chi connectivity index (χ2v) is 6.84. The molecule has 5 nitrogen and oxygen atoms in total. The van der Waals surface area contributed by atoms with Crippen LogP contribution in [0.5, 0.6) is 0 Å². The topological polar surface area (TPSA) is 83.5 Å². The molecule has 2 aromatic carbocycles. The predicted molar refractivity (Wildman–Crippen MR) is 82.4 cm³/mol.